The fourth-order valence-electron chi connectivity index (χ4n) is 2.19. The molecule has 0 atom stereocenters. The van der Waals surface area contributed by atoms with Crippen LogP contribution in [0, 0.1) is 0 Å². The highest BCUT2D eigenvalue weighted by Crippen LogP contribution is 2.23. The zero-order valence-corrected chi connectivity index (χ0v) is 14.7. The van der Waals surface area contributed by atoms with Crippen molar-refractivity contribution in [3.05, 3.63) is 59.4 Å². The first-order valence-corrected chi connectivity index (χ1v) is 8.45. The van der Waals surface area contributed by atoms with Gasteiger partial charge in [0.05, 0.1) is 19.0 Å². The van der Waals surface area contributed by atoms with Crippen molar-refractivity contribution >= 4 is 23.4 Å². The van der Waals surface area contributed by atoms with Gasteiger partial charge in [-0.05, 0) is 12.1 Å². The number of nitrogens with zero attached hydrogens (tertiary/aromatic N) is 3. The lowest BCUT2D eigenvalue weighted by atomic mass is 10.2. The standard InChI is InChI=1S/C18H17N3O3S/c1-21-10-14(9-19-21)18-20-15(12-25-18)11-24-17(22)8-7-13-5-3-4-6-16(13)23-2/h3-10,12H,11H2,1-2H3. The molecule has 0 aliphatic carbocycles. The molecule has 0 unspecified atom stereocenters. The zero-order valence-electron chi connectivity index (χ0n) is 13.9. The molecular weight excluding hydrogens is 338 g/mol. The number of hydrogen-bond acceptors (Lipinski definition) is 6. The normalized spacial score (nSPS) is 11.0. The van der Waals surface area contributed by atoms with Gasteiger partial charge in [0.1, 0.15) is 17.4 Å². The summed E-state index contributed by atoms with van der Waals surface area (Å²) < 4.78 is 12.2. The molecule has 0 saturated heterocycles. The summed E-state index contributed by atoms with van der Waals surface area (Å²) in [4.78, 5) is 16.3. The number of ether oxygens (including phenoxy) is 2. The van der Waals surface area contributed by atoms with Crippen LogP contribution in [-0.4, -0.2) is 27.8 Å². The van der Waals surface area contributed by atoms with Crippen LogP contribution in [0.3, 0.4) is 0 Å². The van der Waals surface area contributed by atoms with Crippen molar-refractivity contribution in [2.75, 3.05) is 7.11 Å². The predicted molar refractivity (Wildman–Crippen MR) is 96.1 cm³/mol. The van der Waals surface area contributed by atoms with E-state index in [0.29, 0.717) is 11.4 Å². The van der Waals surface area contributed by atoms with Crippen LogP contribution >= 0.6 is 11.3 Å². The first-order valence-electron chi connectivity index (χ1n) is 7.57. The van der Waals surface area contributed by atoms with E-state index in [0.717, 1.165) is 16.1 Å². The Balaban J connectivity index is 1.57. The van der Waals surface area contributed by atoms with Crippen LogP contribution < -0.4 is 4.74 Å². The van der Waals surface area contributed by atoms with Gasteiger partial charge in [0.2, 0.25) is 0 Å². The predicted octanol–water partition coefficient (Wildman–Crippen LogP) is 3.31. The van der Waals surface area contributed by atoms with Crippen LogP contribution in [0.4, 0.5) is 0 Å². The van der Waals surface area contributed by atoms with E-state index >= 15 is 0 Å². The Morgan fingerprint density at radius 2 is 2.20 bits per heavy atom. The van der Waals surface area contributed by atoms with Crippen LogP contribution in [0.5, 0.6) is 5.75 Å². The van der Waals surface area contributed by atoms with Crippen molar-refractivity contribution in [2.24, 2.45) is 7.05 Å². The van der Waals surface area contributed by atoms with Gasteiger partial charge in [-0.3, -0.25) is 4.68 Å². The van der Waals surface area contributed by atoms with E-state index < -0.39 is 5.97 Å². The number of aromatic nitrogens is 3. The average Bonchev–Trinajstić information content (AvgIpc) is 3.27. The lowest BCUT2D eigenvalue weighted by molar-refractivity contribution is -0.139. The quantitative estimate of drug-likeness (QED) is 0.501. The summed E-state index contributed by atoms with van der Waals surface area (Å²) >= 11 is 1.49. The molecule has 0 bridgehead atoms. The first-order chi connectivity index (χ1) is 12.2. The van der Waals surface area contributed by atoms with Crippen LogP contribution in [0.25, 0.3) is 16.6 Å². The fourth-order valence-corrected chi connectivity index (χ4v) is 2.97. The Bertz CT molecular complexity index is 898. The minimum atomic E-state index is -0.429. The van der Waals surface area contributed by atoms with Crippen molar-refractivity contribution in [1.29, 1.82) is 0 Å². The minimum absolute atomic E-state index is 0.131. The number of hydrogen-bond donors (Lipinski definition) is 0. The molecule has 0 amide bonds. The number of esters is 1. The number of para-hydroxylation sites is 1. The lowest BCUT2D eigenvalue weighted by Crippen LogP contribution is -2.01. The van der Waals surface area contributed by atoms with Crippen molar-refractivity contribution in [2.45, 2.75) is 6.61 Å². The molecule has 7 heteroatoms. The number of carbonyl (C=O) groups excluding carboxylic acids is 1. The van der Waals surface area contributed by atoms with Gasteiger partial charge in [-0.25, -0.2) is 9.78 Å². The van der Waals surface area contributed by atoms with Crippen molar-refractivity contribution in [3.63, 3.8) is 0 Å². The topological polar surface area (TPSA) is 66.2 Å². The molecule has 2 aromatic heterocycles. The Kier molecular flexibility index (Phi) is 5.25. The van der Waals surface area contributed by atoms with E-state index in [4.69, 9.17) is 9.47 Å². The Morgan fingerprint density at radius 3 is 2.96 bits per heavy atom. The maximum absolute atomic E-state index is 11.9. The molecule has 0 radical (unpaired) electrons. The second-order valence-electron chi connectivity index (χ2n) is 5.23. The van der Waals surface area contributed by atoms with E-state index in [-0.39, 0.29) is 6.61 Å². The van der Waals surface area contributed by atoms with Crippen molar-refractivity contribution in [3.8, 4) is 16.3 Å². The number of benzene rings is 1. The lowest BCUT2D eigenvalue weighted by Gasteiger charge is -2.03. The van der Waals surface area contributed by atoms with E-state index in [2.05, 4.69) is 10.1 Å². The highest BCUT2D eigenvalue weighted by atomic mass is 32.1. The monoisotopic (exact) mass is 355 g/mol. The van der Waals surface area contributed by atoms with Crippen LogP contribution in [0.15, 0.2) is 48.1 Å². The molecule has 1 aromatic carbocycles. The molecule has 0 spiro atoms. The van der Waals surface area contributed by atoms with Gasteiger partial charge in [0, 0.05) is 35.8 Å². The number of carbonyl (C=O) groups is 1. The molecule has 2 heterocycles. The second kappa shape index (κ2) is 7.76. The van der Waals surface area contributed by atoms with Crippen LogP contribution in [0.1, 0.15) is 11.3 Å². The van der Waals surface area contributed by atoms with Crippen molar-refractivity contribution < 1.29 is 14.3 Å². The summed E-state index contributed by atoms with van der Waals surface area (Å²) in [6, 6.07) is 7.45. The molecule has 128 valence electrons. The van der Waals surface area contributed by atoms with Crippen LogP contribution in [-0.2, 0) is 23.2 Å². The number of rotatable bonds is 6. The van der Waals surface area contributed by atoms with E-state index in [1.807, 2.05) is 42.9 Å². The molecule has 0 N–H and O–H groups in total. The largest absolute Gasteiger partial charge is 0.496 e. The third-order valence-corrected chi connectivity index (χ3v) is 4.34. The van der Waals surface area contributed by atoms with Gasteiger partial charge < -0.3 is 9.47 Å². The van der Waals surface area contributed by atoms with Gasteiger partial charge in [-0.1, -0.05) is 18.2 Å². The second-order valence-corrected chi connectivity index (χ2v) is 6.09. The molecule has 3 aromatic rings. The van der Waals surface area contributed by atoms with Crippen LogP contribution in [0.2, 0.25) is 0 Å². The summed E-state index contributed by atoms with van der Waals surface area (Å²) in [5.41, 5.74) is 2.47. The molecule has 0 aliphatic rings. The first kappa shape index (κ1) is 16.9. The maximum atomic E-state index is 11.9. The molecule has 0 saturated carbocycles. The molecule has 6 nitrogen and oxygen atoms in total. The van der Waals surface area contributed by atoms with E-state index in [1.165, 1.54) is 17.4 Å². The molecule has 3 rings (SSSR count). The van der Waals surface area contributed by atoms with Gasteiger partial charge in [0.25, 0.3) is 0 Å². The fraction of sp³-hybridized carbons (Fsp3) is 0.167. The summed E-state index contributed by atoms with van der Waals surface area (Å²) in [5, 5.41) is 6.85. The van der Waals surface area contributed by atoms with Crippen molar-refractivity contribution in [1.82, 2.24) is 14.8 Å². The highest BCUT2D eigenvalue weighted by molar-refractivity contribution is 7.13. The molecule has 25 heavy (non-hydrogen) atoms. The molecule has 0 aliphatic heterocycles. The third kappa shape index (κ3) is 4.33. The number of thiazole rings is 1. The summed E-state index contributed by atoms with van der Waals surface area (Å²) in [6.07, 6.45) is 6.70. The Morgan fingerprint density at radius 1 is 1.36 bits per heavy atom. The summed E-state index contributed by atoms with van der Waals surface area (Å²) in [5.74, 6) is 0.272. The Hall–Kier alpha value is -2.93. The Labute approximate surface area is 149 Å². The number of aryl methyl sites for hydroxylation is 1. The van der Waals surface area contributed by atoms with E-state index in [1.54, 1.807) is 24.1 Å². The molecule has 0 fully saturated rings. The smallest absolute Gasteiger partial charge is 0.331 e. The van der Waals surface area contributed by atoms with Gasteiger partial charge in [-0.15, -0.1) is 11.3 Å². The maximum Gasteiger partial charge on any atom is 0.331 e. The van der Waals surface area contributed by atoms with Gasteiger partial charge >= 0.3 is 5.97 Å². The van der Waals surface area contributed by atoms with Gasteiger partial charge in [0.15, 0.2) is 0 Å². The summed E-state index contributed by atoms with van der Waals surface area (Å²) in [6.45, 7) is 0.131. The molecular formula is C18H17N3O3S. The van der Waals surface area contributed by atoms with E-state index in [9.17, 15) is 4.79 Å². The number of methoxy groups -OCH3 is 1. The third-order valence-electron chi connectivity index (χ3n) is 3.40. The summed E-state index contributed by atoms with van der Waals surface area (Å²) in [7, 11) is 3.45. The highest BCUT2D eigenvalue weighted by Gasteiger charge is 2.08. The van der Waals surface area contributed by atoms with Gasteiger partial charge in [-0.2, -0.15) is 5.10 Å². The minimum Gasteiger partial charge on any atom is -0.496 e. The zero-order chi connectivity index (χ0) is 17.6. The SMILES string of the molecule is COc1ccccc1C=CC(=O)OCc1csc(-c2cnn(C)c2)n1. The average molecular weight is 355 g/mol.